The lowest BCUT2D eigenvalue weighted by Crippen LogP contribution is -2.59. The number of rotatable bonds is 10. The van der Waals surface area contributed by atoms with Crippen LogP contribution in [0.2, 0.25) is 0 Å². The Morgan fingerprint density at radius 3 is 2.57 bits per heavy atom. The van der Waals surface area contributed by atoms with Gasteiger partial charge in [0.05, 0.1) is 18.6 Å². The lowest BCUT2D eigenvalue weighted by atomic mass is 9.99. The third-order valence-electron chi connectivity index (χ3n) is 6.46. The van der Waals surface area contributed by atoms with Gasteiger partial charge in [-0.05, 0) is 38.3 Å². The molecule has 2 N–H and O–H groups in total. The second-order valence-corrected chi connectivity index (χ2v) is 8.94. The van der Waals surface area contributed by atoms with Gasteiger partial charge in [-0.2, -0.15) is 0 Å². The first kappa shape index (κ1) is 22.8. The summed E-state index contributed by atoms with van der Waals surface area (Å²) in [5.41, 5.74) is 7.66. The van der Waals surface area contributed by atoms with Crippen molar-refractivity contribution >= 4 is 5.91 Å². The van der Waals surface area contributed by atoms with Crippen LogP contribution in [0.5, 0.6) is 0 Å². The maximum atomic E-state index is 12.5. The van der Waals surface area contributed by atoms with Crippen LogP contribution in [-0.2, 0) is 4.79 Å². The van der Waals surface area contributed by atoms with E-state index >= 15 is 0 Å². The molecule has 3 atom stereocenters. The molecule has 3 unspecified atom stereocenters. The van der Waals surface area contributed by atoms with Crippen molar-refractivity contribution in [2.75, 3.05) is 19.6 Å². The first-order chi connectivity index (χ1) is 14.5. The molecule has 5 heteroatoms. The fraction of sp³-hybridized carbons (Fsp3) is 0.640. The molecular formula is C25H40N4O. The SMILES string of the molecule is CCCCCC1CN(CC(=O)NCCCC)C(C)C2=CC(c3ccc(C)cc3)NN21. The second kappa shape index (κ2) is 11.0. The molecule has 0 radical (unpaired) electrons. The monoisotopic (exact) mass is 412 g/mol. The first-order valence-corrected chi connectivity index (χ1v) is 11.9. The van der Waals surface area contributed by atoms with Crippen molar-refractivity contribution < 1.29 is 4.79 Å². The van der Waals surface area contributed by atoms with Gasteiger partial charge in [0.2, 0.25) is 5.91 Å². The highest BCUT2D eigenvalue weighted by Gasteiger charge is 2.40. The van der Waals surface area contributed by atoms with E-state index in [1.165, 1.54) is 36.1 Å². The van der Waals surface area contributed by atoms with Gasteiger partial charge in [0.15, 0.2) is 0 Å². The van der Waals surface area contributed by atoms with Crippen LogP contribution < -0.4 is 10.7 Å². The van der Waals surface area contributed by atoms with Gasteiger partial charge < -0.3 is 10.3 Å². The highest BCUT2D eigenvalue weighted by Crippen LogP contribution is 2.34. The number of hydrogen-bond donors (Lipinski definition) is 2. The van der Waals surface area contributed by atoms with Crippen molar-refractivity contribution in [1.82, 2.24) is 20.7 Å². The third kappa shape index (κ3) is 5.64. The molecule has 0 aromatic heterocycles. The van der Waals surface area contributed by atoms with Crippen LogP contribution in [-0.4, -0.2) is 47.5 Å². The van der Waals surface area contributed by atoms with Crippen LogP contribution in [0, 0.1) is 6.92 Å². The highest BCUT2D eigenvalue weighted by atomic mass is 16.2. The van der Waals surface area contributed by atoms with Crippen molar-refractivity contribution in [3.8, 4) is 0 Å². The smallest absolute Gasteiger partial charge is 0.234 e. The average molecular weight is 413 g/mol. The van der Waals surface area contributed by atoms with Crippen molar-refractivity contribution in [3.63, 3.8) is 0 Å². The minimum Gasteiger partial charge on any atom is -0.355 e. The van der Waals surface area contributed by atoms with E-state index in [-0.39, 0.29) is 18.0 Å². The molecule has 2 aliphatic heterocycles. The van der Waals surface area contributed by atoms with Crippen LogP contribution in [0.25, 0.3) is 0 Å². The summed E-state index contributed by atoms with van der Waals surface area (Å²) >= 11 is 0. The molecule has 5 nitrogen and oxygen atoms in total. The number of benzene rings is 1. The minimum atomic E-state index is 0.151. The van der Waals surface area contributed by atoms with Crippen molar-refractivity contribution in [2.45, 2.75) is 84.3 Å². The Morgan fingerprint density at radius 2 is 1.87 bits per heavy atom. The first-order valence-electron chi connectivity index (χ1n) is 11.9. The Morgan fingerprint density at radius 1 is 1.13 bits per heavy atom. The van der Waals surface area contributed by atoms with Gasteiger partial charge in [-0.3, -0.25) is 9.69 Å². The Balaban J connectivity index is 1.73. The van der Waals surface area contributed by atoms with Gasteiger partial charge in [0, 0.05) is 24.8 Å². The van der Waals surface area contributed by atoms with Crippen LogP contribution in [0.15, 0.2) is 36.0 Å². The third-order valence-corrected chi connectivity index (χ3v) is 6.46. The number of nitrogens with one attached hydrogen (secondary N) is 2. The Hall–Kier alpha value is -1.85. The van der Waals surface area contributed by atoms with E-state index in [4.69, 9.17) is 0 Å². The number of fused-ring (bicyclic) bond motifs is 1. The Bertz CT molecular complexity index is 714. The molecule has 0 bridgehead atoms. The van der Waals surface area contributed by atoms with Gasteiger partial charge in [0.1, 0.15) is 0 Å². The molecule has 0 saturated carbocycles. The number of carbonyl (C=O) groups excluding carboxylic acids is 1. The number of hydrazine groups is 1. The number of aryl methyl sites for hydroxylation is 1. The van der Waals surface area contributed by atoms with Crippen molar-refractivity contribution in [1.29, 1.82) is 0 Å². The van der Waals surface area contributed by atoms with E-state index in [9.17, 15) is 4.79 Å². The lowest BCUT2D eigenvalue weighted by Gasteiger charge is -2.46. The van der Waals surface area contributed by atoms with Crippen LogP contribution in [0.1, 0.15) is 76.5 Å². The molecule has 0 spiro atoms. The molecule has 1 fully saturated rings. The fourth-order valence-corrected chi connectivity index (χ4v) is 4.51. The van der Waals surface area contributed by atoms with E-state index in [1.54, 1.807) is 0 Å². The molecule has 3 rings (SSSR count). The predicted molar refractivity (Wildman–Crippen MR) is 124 cm³/mol. The number of unbranched alkanes of at least 4 members (excludes halogenated alkanes) is 3. The summed E-state index contributed by atoms with van der Waals surface area (Å²) in [7, 11) is 0. The number of nitrogens with zero attached hydrogens (tertiary/aromatic N) is 2. The topological polar surface area (TPSA) is 47.6 Å². The highest BCUT2D eigenvalue weighted by molar-refractivity contribution is 5.78. The van der Waals surface area contributed by atoms with Gasteiger partial charge >= 0.3 is 0 Å². The second-order valence-electron chi connectivity index (χ2n) is 8.94. The zero-order chi connectivity index (χ0) is 21.5. The summed E-state index contributed by atoms with van der Waals surface area (Å²) in [5, 5.41) is 5.50. The Labute approximate surface area is 182 Å². The molecule has 30 heavy (non-hydrogen) atoms. The standard InChI is InChI=1S/C25H40N4O/c1-5-7-9-10-22-17-28(18-25(30)26-15-8-6-2)20(4)24-16-23(27-29(22)24)21-13-11-19(3)12-14-21/h11-14,16,20,22-23,27H,5-10,15,17-18H2,1-4H3,(H,26,30). The largest absolute Gasteiger partial charge is 0.355 e. The maximum absolute atomic E-state index is 12.5. The van der Waals surface area contributed by atoms with Crippen LogP contribution >= 0.6 is 0 Å². The molecule has 166 valence electrons. The summed E-state index contributed by atoms with van der Waals surface area (Å²) in [4.78, 5) is 14.9. The predicted octanol–water partition coefficient (Wildman–Crippen LogP) is 4.31. The molecule has 2 aliphatic rings. The number of hydrogen-bond acceptors (Lipinski definition) is 4. The molecule has 1 aromatic rings. The zero-order valence-corrected chi connectivity index (χ0v) is 19.3. The van der Waals surface area contributed by atoms with Gasteiger partial charge in [-0.1, -0.05) is 69.4 Å². The molecule has 1 saturated heterocycles. The minimum absolute atomic E-state index is 0.151. The maximum Gasteiger partial charge on any atom is 0.234 e. The molecule has 2 heterocycles. The number of piperazine rings is 1. The van der Waals surface area contributed by atoms with Crippen LogP contribution in [0.4, 0.5) is 0 Å². The zero-order valence-electron chi connectivity index (χ0n) is 19.3. The van der Waals surface area contributed by atoms with Crippen molar-refractivity contribution in [2.24, 2.45) is 0 Å². The van der Waals surface area contributed by atoms with E-state index in [0.29, 0.717) is 12.6 Å². The molecule has 1 aromatic carbocycles. The summed E-state index contributed by atoms with van der Waals surface area (Å²) in [6, 6.07) is 9.64. The van der Waals surface area contributed by atoms with Gasteiger partial charge in [-0.15, -0.1) is 0 Å². The normalized spacial score (nSPS) is 23.9. The quantitative estimate of drug-likeness (QED) is 0.562. The van der Waals surface area contributed by atoms with E-state index < -0.39 is 0 Å². The van der Waals surface area contributed by atoms with E-state index in [1.807, 2.05) is 0 Å². The number of carbonyl (C=O) groups is 1. The summed E-state index contributed by atoms with van der Waals surface area (Å²) in [6.45, 7) is 11.0. The van der Waals surface area contributed by atoms with E-state index in [0.717, 1.165) is 32.4 Å². The summed E-state index contributed by atoms with van der Waals surface area (Å²) in [5.74, 6) is 0.151. The molecular weight excluding hydrogens is 372 g/mol. The van der Waals surface area contributed by atoms with Crippen molar-refractivity contribution in [3.05, 3.63) is 47.2 Å². The van der Waals surface area contributed by atoms with E-state index in [2.05, 4.69) is 78.7 Å². The summed E-state index contributed by atoms with van der Waals surface area (Å²) < 4.78 is 0. The Kier molecular flexibility index (Phi) is 8.34. The van der Waals surface area contributed by atoms with Crippen LogP contribution in [0.3, 0.4) is 0 Å². The molecule has 1 amide bonds. The summed E-state index contributed by atoms with van der Waals surface area (Å²) in [6.07, 6.45) is 9.39. The molecule has 0 aliphatic carbocycles. The fourth-order valence-electron chi connectivity index (χ4n) is 4.51. The van der Waals surface area contributed by atoms with Gasteiger partial charge in [-0.25, -0.2) is 5.43 Å². The average Bonchev–Trinajstić information content (AvgIpc) is 3.18. The number of amides is 1. The lowest BCUT2D eigenvalue weighted by molar-refractivity contribution is -0.123. The van der Waals surface area contributed by atoms with Gasteiger partial charge in [0.25, 0.3) is 0 Å².